The Labute approximate surface area is 345 Å². The van der Waals surface area contributed by atoms with Crippen LogP contribution in [0.25, 0.3) is 0 Å². The number of imide groups is 1. The smallest absolute Gasteiger partial charge is 0.416 e. The van der Waals surface area contributed by atoms with E-state index in [-0.39, 0.29) is 49.0 Å². The molecule has 5 saturated carbocycles. The standard InChI is InChI=1S/C46H69N3O9/c1-56-26-27-57-44(54)48-35-21-16-29(22-25-45(55)23-10-2-3-11-24-45)28-34(35)46(43(48)53)36(41(47)51)38-42(52)58-39(31-14-8-5-9-15-31)37(30-12-6-4-7-13-30)49(38)40(46)32-17-19-33(50)20-18-32/h29-40,50,55H,2-21,23-24,26-28H2,1H3,(H2,47,51)/t29?,32?,33?,34?,35?,36-,37-,38-,39+,40+,46-/m0/s1. The van der Waals surface area contributed by atoms with Crippen molar-refractivity contribution in [2.24, 2.45) is 46.7 Å². The van der Waals surface area contributed by atoms with Crippen LogP contribution in [-0.4, -0.2) is 106 Å². The van der Waals surface area contributed by atoms with Crippen molar-refractivity contribution in [1.82, 2.24) is 9.80 Å². The van der Waals surface area contributed by atoms with E-state index in [2.05, 4.69) is 16.7 Å². The molecule has 3 aliphatic heterocycles. The fourth-order valence-electron chi connectivity index (χ4n) is 13.9. The summed E-state index contributed by atoms with van der Waals surface area (Å²) in [5.74, 6) is 3.43. The van der Waals surface area contributed by atoms with Crippen LogP contribution in [0.1, 0.15) is 148 Å². The Bertz CT molecular complexity index is 1570. The molecule has 3 heterocycles. The van der Waals surface area contributed by atoms with E-state index in [1.54, 1.807) is 0 Å². The number of cyclic esters (lactones) is 1. The molecular weight excluding hydrogens is 739 g/mol. The third-order valence-electron chi connectivity index (χ3n) is 16.4. The van der Waals surface area contributed by atoms with Crippen molar-refractivity contribution < 1.29 is 43.6 Å². The summed E-state index contributed by atoms with van der Waals surface area (Å²) in [5, 5.41) is 22.5. The normalized spacial score (nSPS) is 39.9. The van der Waals surface area contributed by atoms with Crippen LogP contribution in [0.5, 0.6) is 0 Å². The zero-order chi connectivity index (χ0) is 40.6. The maximum atomic E-state index is 16.0. The summed E-state index contributed by atoms with van der Waals surface area (Å²) in [7, 11) is 1.52. The largest absolute Gasteiger partial charge is 0.459 e. The Morgan fingerprint density at radius 1 is 0.828 bits per heavy atom. The monoisotopic (exact) mass is 808 g/mol. The number of morpholine rings is 1. The highest BCUT2D eigenvalue weighted by atomic mass is 16.6. The number of hydrogen-bond acceptors (Lipinski definition) is 10. The Morgan fingerprint density at radius 2 is 1.47 bits per heavy atom. The minimum absolute atomic E-state index is 0.0345. The number of methoxy groups -OCH3 is 1. The number of primary amides is 1. The van der Waals surface area contributed by atoms with Crippen LogP contribution in [0.15, 0.2) is 0 Å². The van der Waals surface area contributed by atoms with E-state index in [4.69, 9.17) is 19.9 Å². The summed E-state index contributed by atoms with van der Waals surface area (Å²) in [6.07, 6.45) is 18.1. The number of aliphatic hydroxyl groups excluding tert-OH is 1. The lowest BCUT2D eigenvalue weighted by Crippen LogP contribution is -2.66. The Hall–Kier alpha value is -2.72. The molecule has 1 spiro atoms. The Kier molecular flexibility index (Phi) is 12.8. The van der Waals surface area contributed by atoms with Crippen molar-refractivity contribution in [3.8, 4) is 11.8 Å². The van der Waals surface area contributed by atoms with Gasteiger partial charge in [0.25, 0.3) is 0 Å². The van der Waals surface area contributed by atoms with E-state index < -0.39 is 71.0 Å². The van der Waals surface area contributed by atoms with Gasteiger partial charge >= 0.3 is 12.1 Å². The predicted octanol–water partition coefficient (Wildman–Crippen LogP) is 5.63. The molecule has 12 heteroatoms. The van der Waals surface area contributed by atoms with E-state index in [1.165, 1.54) is 12.0 Å². The molecule has 5 aliphatic carbocycles. The van der Waals surface area contributed by atoms with Gasteiger partial charge in [0.2, 0.25) is 11.8 Å². The second-order valence-electron chi connectivity index (χ2n) is 19.6. The van der Waals surface area contributed by atoms with Crippen LogP contribution in [0.4, 0.5) is 4.79 Å². The first-order valence-electron chi connectivity index (χ1n) is 23.3. The fraction of sp³-hybridized carbons (Fsp3) is 0.870. The van der Waals surface area contributed by atoms with Crippen LogP contribution < -0.4 is 5.73 Å². The molecule has 0 aromatic heterocycles. The number of esters is 1. The van der Waals surface area contributed by atoms with Gasteiger partial charge in [-0.25, -0.2) is 9.69 Å². The number of carbonyl (C=O) groups is 4. The van der Waals surface area contributed by atoms with Crippen molar-refractivity contribution in [2.75, 3.05) is 20.3 Å². The zero-order valence-corrected chi connectivity index (χ0v) is 34.8. The second kappa shape index (κ2) is 17.7. The summed E-state index contributed by atoms with van der Waals surface area (Å²) in [6, 6.07) is -2.42. The minimum atomic E-state index is -1.53. The molecule has 3 saturated heterocycles. The topological polar surface area (TPSA) is 169 Å². The molecule has 12 nitrogen and oxygen atoms in total. The van der Waals surface area contributed by atoms with Gasteiger partial charge in [0.1, 0.15) is 24.4 Å². The number of likely N-dealkylation sites (tertiary alicyclic amines) is 1. The molecule has 4 N–H and O–H groups in total. The maximum Gasteiger partial charge on any atom is 0.416 e. The summed E-state index contributed by atoms with van der Waals surface area (Å²) < 4.78 is 17.6. The lowest BCUT2D eigenvalue weighted by atomic mass is 9.55. The molecule has 0 aromatic carbocycles. The zero-order valence-electron chi connectivity index (χ0n) is 34.8. The van der Waals surface area contributed by atoms with E-state index in [9.17, 15) is 24.6 Å². The summed E-state index contributed by atoms with van der Waals surface area (Å²) in [6.45, 7) is 0.130. The van der Waals surface area contributed by atoms with Crippen molar-refractivity contribution in [3.05, 3.63) is 0 Å². The molecule has 9 atom stereocenters. The second-order valence-corrected chi connectivity index (χ2v) is 19.6. The van der Waals surface area contributed by atoms with Gasteiger partial charge in [-0.05, 0) is 120 Å². The first-order chi connectivity index (χ1) is 28.1. The number of hydrogen-bond donors (Lipinski definition) is 3. The number of fused-ring (bicyclic) bond motifs is 3. The third kappa shape index (κ3) is 7.62. The number of nitrogens with zero attached hydrogens (tertiary/aromatic N) is 2. The van der Waals surface area contributed by atoms with Gasteiger partial charge in [0.15, 0.2) is 0 Å². The molecule has 0 aromatic rings. The summed E-state index contributed by atoms with van der Waals surface area (Å²) in [5.41, 5.74) is 4.00. The first-order valence-corrected chi connectivity index (χ1v) is 23.3. The van der Waals surface area contributed by atoms with Crippen molar-refractivity contribution >= 4 is 23.9 Å². The molecule has 0 bridgehead atoms. The molecular formula is C46H69N3O9. The van der Waals surface area contributed by atoms with Gasteiger partial charge in [-0.3, -0.25) is 19.3 Å². The highest BCUT2D eigenvalue weighted by molar-refractivity contribution is 6.04. The third-order valence-corrected chi connectivity index (χ3v) is 16.4. The van der Waals surface area contributed by atoms with Gasteiger partial charge in [-0.1, -0.05) is 63.2 Å². The van der Waals surface area contributed by atoms with Crippen LogP contribution in [0.3, 0.4) is 0 Å². The van der Waals surface area contributed by atoms with Crippen LogP contribution in [0.2, 0.25) is 0 Å². The molecule has 8 aliphatic rings. The number of aliphatic hydroxyl groups is 2. The SMILES string of the molecule is COCCOC(=O)N1C(=O)[C@@]2(C3CC(C#CC4(O)CCCCCC4)CCC31)[C@H](C(N)=O)[C@H]1C(=O)O[C@H](C3CCCCC3)[C@H](C3CCCCC3)N1[C@@H]2C1CCC(O)CC1. The van der Waals surface area contributed by atoms with E-state index in [0.29, 0.717) is 57.8 Å². The number of ether oxygens (including phenoxy) is 3. The van der Waals surface area contributed by atoms with Crippen LogP contribution in [-0.2, 0) is 28.6 Å². The highest BCUT2D eigenvalue weighted by Crippen LogP contribution is 2.65. The average molecular weight is 808 g/mol. The summed E-state index contributed by atoms with van der Waals surface area (Å²) in [4.78, 5) is 63.4. The molecule has 3 amide bonds. The summed E-state index contributed by atoms with van der Waals surface area (Å²) >= 11 is 0. The van der Waals surface area contributed by atoms with E-state index in [0.717, 1.165) is 89.9 Å². The van der Waals surface area contributed by atoms with Crippen LogP contribution >= 0.6 is 0 Å². The van der Waals surface area contributed by atoms with E-state index in [1.807, 2.05) is 0 Å². The number of rotatable bonds is 7. The predicted molar refractivity (Wildman–Crippen MR) is 214 cm³/mol. The lowest BCUT2D eigenvalue weighted by molar-refractivity contribution is -0.190. The Morgan fingerprint density at radius 3 is 2.10 bits per heavy atom. The highest BCUT2D eigenvalue weighted by Gasteiger charge is 2.79. The van der Waals surface area contributed by atoms with Gasteiger partial charge in [0, 0.05) is 25.1 Å². The maximum absolute atomic E-state index is 16.0. The van der Waals surface area contributed by atoms with Crippen LogP contribution in [0, 0.1) is 52.8 Å². The number of amides is 3. The number of carbonyl (C=O) groups excluding carboxylic acids is 4. The molecule has 0 radical (unpaired) electrons. The van der Waals surface area contributed by atoms with Gasteiger partial charge in [-0.2, -0.15) is 0 Å². The van der Waals surface area contributed by atoms with Gasteiger partial charge in [0.05, 0.1) is 30.1 Å². The fourth-order valence-corrected chi connectivity index (χ4v) is 13.9. The minimum Gasteiger partial charge on any atom is -0.459 e. The molecule has 8 fully saturated rings. The van der Waals surface area contributed by atoms with Crippen molar-refractivity contribution in [3.63, 3.8) is 0 Å². The molecule has 8 rings (SSSR count). The quantitative estimate of drug-likeness (QED) is 0.127. The van der Waals surface area contributed by atoms with E-state index >= 15 is 4.79 Å². The molecule has 58 heavy (non-hydrogen) atoms. The average Bonchev–Trinajstić information content (AvgIpc) is 3.57. The van der Waals surface area contributed by atoms with Gasteiger partial charge < -0.3 is 30.2 Å². The Balaban J connectivity index is 1.29. The molecule has 3 unspecified atom stereocenters. The lowest BCUT2D eigenvalue weighted by Gasteiger charge is -2.54. The first kappa shape index (κ1) is 42.0. The van der Waals surface area contributed by atoms with Crippen molar-refractivity contribution in [1.29, 1.82) is 0 Å². The number of nitrogens with two attached hydrogens (primary N) is 1. The van der Waals surface area contributed by atoms with Gasteiger partial charge in [-0.15, -0.1) is 0 Å². The molecule has 322 valence electrons. The van der Waals surface area contributed by atoms with Crippen molar-refractivity contribution in [2.45, 2.75) is 190 Å².